The van der Waals surface area contributed by atoms with Crippen LogP contribution < -0.4 is 0 Å². The highest BCUT2D eigenvalue weighted by Crippen LogP contribution is 2.31. The lowest BCUT2D eigenvalue weighted by Crippen LogP contribution is -2.39. The van der Waals surface area contributed by atoms with Crippen LogP contribution in [0.2, 0.25) is 0 Å². The number of fused-ring (bicyclic) bond motifs is 4. The molecule has 3 unspecified atom stereocenters. The molecule has 3 aliphatic rings. The summed E-state index contributed by atoms with van der Waals surface area (Å²) in [4.78, 5) is 6.12. The van der Waals surface area contributed by atoms with Gasteiger partial charge >= 0.3 is 0 Å². The van der Waals surface area contributed by atoms with Gasteiger partial charge in [-0.15, -0.1) is 0 Å². The molecule has 0 spiro atoms. The quantitative estimate of drug-likeness (QED) is 0.651. The molecule has 2 bridgehead atoms. The van der Waals surface area contributed by atoms with Crippen molar-refractivity contribution in [1.29, 1.82) is 0 Å². The maximum atomic E-state index is 9.72. The van der Waals surface area contributed by atoms with Crippen molar-refractivity contribution in [2.75, 3.05) is 6.61 Å². The molecular weight excluding hydrogens is 208 g/mol. The number of ether oxygens (including phenoxy) is 2. The van der Waals surface area contributed by atoms with Crippen LogP contribution in [0.3, 0.4) is 0 Å². The fourth-order valence-electron chi connectivity index (χ4n) is 2.11. The van der Waals surface area contributed by atoms with Crippen molar-refractivity contribution in [2.24, 2.45) is 4.99 Å². The summed E-state index contributed by atoms with van der Waals surface area (Å²) in [6, 6.07) is 0.523. The van der Waals surface area contributed by atoms with E-state index in [4.69, 9.17) is 9.47 Å². The number of aliphatic hydroxyl groups excluding tert-OH is 1. The van der Waals surface area contributed by atoms with Gasteiger partial charge in [-0.05, 0) is 12.5 Å². The van der Waals surface area contributed by atoms with Gasteiger partial charge in [0.05, 0.1) is 11.8 Å². The largest absolute Gasteiger partial charge is 0.462 e. The molecule has 0 radical (unpaired) electrons. The van der Waals surface area contributed by atoms with Crippen molar-refractivity contribution < 1.29 is 14.6 Å². The van der Waals surface area contributed by atoms with Crippen LogP contribution in [0.15, 0.2) is 29.0 Å². The Morgan fingerprint density at radius 1 is 1.62 bits per heavy atom. The van der Waals surface area contributed by atoms with E-state index in [1.54, 1.807) is 0 Å². The Balaban J connectivity index is 1.95. The van der Waals surface area contributed by atoms with Gasteiger partial charge in [0.15, 0.2) is 0 Å². The van der Waals surface area contributed by atoms with Crippen LogP contribution in [-0.2, 0) is 9.47 Å². The number of rotatable bonds is 0. The molecule has 5 nitrogen and oxygen atoms in total. The van der Waals surface area contributed by atoms with Gasteiger partial charge in [-0.2, -0.15) is 4.99 Å². The zero-order valence-electron chi connectivity index (χ0n) is 9.09. The molecule has 3 rings (SSSR count). The molecule has 0 amide bonds. The molecule has 0 aromatic heterocycles. The molecule has 0 saturated carbocycles. The first kappa shape index (κ1) is 9.86. The Hall–Kier alpha value is -1.33. The molecule has 3 heterocycles. The van der Waals surface area contributed by atoms with Crippen molar-refractivity contribution in [2.45, 2.75) is 31.8 Å². The summed E-state index contributed by atoms with van der Waals surface area (Å²) >= 11 is 0. The fraction of sp³-hybridized carbons (Fsp3) is 0.545. The number of amidine groups is 1. The smallest absolute Gasteiger partial charge is 0.298 e. The molecule has 2 saturated heterocycles. The molecule has 0 aliphatic carbocycles. The second-order valence-electron chi connectivity index (χ2n) is 4.30. The first-order valence-electron chi connectivity index (χ1n) is 5.36. The molecule has 0 aromatic carbocycles. The van der Waals surface area contributed by atoms with Crippen LogP contribution in [-0.4, -0.2) is 41.1 Å². The predicted molar refractivity (Wildman–Crippen MR) is 57.4 cm³/mol. The van der Waals surface area contributed by atoms with Gasteiger partial charge in [-0.1, -0.05) is 6.58 Å². The highest BCUT2D eigenvalue weighted by Gasteiger charge is 2.42. The zero-order chi connectivity index (χ0) is 11.3. The van der Waals surface area contributed by atoms with E-state index >= 15 is 0 Å². The molecule has 5 heteroatoms. The summed E-state index contributed by atoms with van der Waals surface area (Å²) in [6.45, 7) is 6.12. The molecule has 16 heavy (non-hydrogen) atoms. The minimum absolute atomic E-state index is 0.177. The summed E-state index contributed by atoms with van der Waals surface area (Å²) in [7, 11) is 0. The van der Waals surface area contributed by atoms with Crippen molar-refractivity contribution in [1.82, 2.24) is 4.90 Å². The summed E-state index contributed by atoms with van der Waals surface area (Å²) in [5.74, 6) is 0. The number of aliphatic hydroxyl groups is 1. The summed E-state index contributed by atoms with van der Waals surface area (Å²) in [5, 5.41) is 9.72. The van der Waals surface area contributed by atoms with Gasteiger partial charge in [-0.3, -0.25) is 4.90 Å². The summed E-state index contributed by atoms with van der Waals surface area (Å²) in [5.41, 5.74) is 1.69. The van der Waals surface area contributed by atoms with Crippen molar-refractivity contribution in [3.8, 4) is 0 Å². The number of aliphatic imine (C=N–C) groups is 1. The number of nitrogens with zero attached hydrogens (tertiary/aromatic N) is 2. The second kappa shape index (κ2) is 3.33. The van der Waals surface area contributed by atoms with E-state index in [-0.39, 0.29) is 12.3 Å². The zero-order valence-corrected chi connectivity index (χ0v) is 9.09. The van der Waals surface area contributed by atoms with Gasteiger partial charge in [0.2, 0.25) is 0 Å². The van der Waals surface area contributed by atoms with Crippen LogP contribution in [0.4, 0.5) is 0 Å². The first-order chi connectivity index (χ1) is 7.65. The number of allylic oxidation sites excluding steroid dienone is 1. The molecule has 2 fully saturated rings. The third-order valence-corrected chi connectivity index (χ3v) is 3.13. The number of hydrogen-bond acceptors (Lipinski definition) is 5. The highest BCUT2D eigenvalue weighted by molar-refractivity contribution is 5.79. The van der Waals surface area contributed by atoms with Gasteiger partial charge in [0.25, 0.3) is 6.02 Å². The minimum Gasteiger partial charge on any atom is -0.462 e. The van der Waals surface area contributed by atoms with E-state index in [9.17, 15) is 5.11 Å². The van der Waals surface area contributed by atoms with E-state index in [2.05, 4.69) is 11.6 Å². The van der Waals surface area contributed by atoms with Gasteiger partial charge in [0, 0.05) is 12.6 Å². The molecule has 3 atom stereocenters. The second-order valence-corrected chi connectivity index (χ2v) is 4.30. The molecule has 86 valence electrons. The van der Waals surface area contributed by atoms with Gasteiger partial charge in [-0.25, -0.2) is 0 Å². The fourth-order valence-corrected chi connectivity index (χ4v) is 2.11. The van der Waals surface area contributed by atoms with E-state index in [0.717, 1.165) is 5.57 Å². The molecular formula is C11H14N2O3. The van der Waals surface area contributed by atoms with Crippen LogP contribution in [0, 0.1) is 0 Å². The Morgan fingerprint density at radius 2 is 2.44 bits per heavy atom. The van der Waals surface area contributed by atoms with Crippen LogP contribution in [0.5, 0.6) is 0 Å². The minimum atomic E-state index is -0.453. The Labute approximate surface area is 93.7 Å². The average Bonchev–Trinajstić information content (AvgIpc) is 2.51. The Morgan fingerprint density at radius 3 is 3.25 bits per heavy atom. The molecule has 1 N–H and O–H groups in total. The maximum Gasteiger partial charge on any atom is 0.298 e. The first-order valence-corrected chi connectivity index (χ1v) is 5.36. The SMILES string of the molecule is C=C1N=C2OCC3OC(CC3O)N2C=C1C. The third-order valence-electron chi connectivity index (χ3n) is 3.13. The Kier molecular flexibility index (Phi) is 2.05. The van der Waals surface area contributed by atoms with Gasteiger partial charge < -0.3 is 14.6 Å². The lowest BCUT2D eigenvalue weighted by Gasteiger charge is -2.29. The maximum absolute atomic E-state index is 9.72. The van der Waals surface area contributed by atoms with Crippen LogP contribution in [0.1, 0.15) is 13.3 Å². The van der Waals surface area contributed by atoms with E-state index in [0.29, 0.717) is 24.7 Å². The topological polar surface area (TPSA) is 54.3 Å². The molecule has 0 aromatic rings. The predicted octanol–water partition coefficient (Wildman–Crippen LogP) is 0.582. The normalized spacial score (nSPS) is 37.2. The summed E-state index contributed by atoms with van der Waals surface area (Å²) in [6.07, 6.45) is 1.62. The monoisotopic (exact) mass is 222 g/mol. The standard InChI is InChI=1S/C11H14N2O3/c1-6-4-13-10-3-8(14)9(16-10)5-15-11(13)12-7(6)2/h4,8-10,14H,2-3,5H2,1H3. The van der Waals surface area contributed by atoms with Crippen LogP contribution in [0.25, 0.3) is 0 Å². The van der Waals surface area contributed by atoms with E-state index < -0.39 is 6.10 Å². The van der Waals surface area contributed by atoms with Crippen molar-refractivity contribution in [3.05, 3.63) is 24.0 Å². The van der Waals surface area contributed by atoms with E-state index in [1.165, 1.54) is 0 Å². The molecule has 3 aliphatic heterocycles. The van der Waals surface area contributed by atoms with Crippen LogP contribution >= 0.6 is 0 Å². The van der Waals surface area contributed by atoms with Gasteiger partial charge in [0.1, 0.15) is 18.9 Å². The summed E-state index contributed by atoms with van der Waals surface area (Å²) < 4.78 is 11.2. The Bertz CT molecular complexity index is 402. The van der Waals surface area contributed by atoms with Crippen molar-refractivity contribution in [3.63, 3.8) is 0 Å². The lowest BCUT2D eigenvalue weighted by molar-refractivity contribution is -0.0226. The highest BCUT2D eigenvalue weighted by atomic mass is 16.6. The average molecular weight is 222 g/mol. The van der Waals surface area contributed by atoms with E-state index in [1.807, 2.05) is 18.0 Å². The third kappa shape index (κ3) is 1.36. The lowest BCUT2D eigenvalue weighted by atomic mass is 10.1. The van der Waals surface area contributed by atoms with Crippen molar-refractivity contribution >= 4 is 6.02 Å². The number of hydrogen-bond donors (Lipinski definition) is 1.